The van der Waals surface area contributed by atoms with E-state index in [2.05, 4.69) is 28.5 Å². The van der Waals surface area contributed by atoms with Crippen LogP contribution in [0.3, 0.4) is 0 Å². The molecular weight excluding hydrogens is 282 g/mol. The summed E-state index contributed by atoms with van der Waals surface area (Å²) in [5.41, 5.74) is 4.34. The number of benzene rings is 1. The second-order valence-electron chi connectivity index (χ2n) is 5.72. The van der Waals surface area contributed by atoms with Gasteiger partial charge in [0.15, 0.2) is 11.5 Å². The standard InChI is InChI=1S/C17H19NO2S/c1-19-15-7-11-3-5-18-10-12-4-6-21-17(12)9-14(18)13(11)8-16(15)20-2/h4,6-8,14H,3,5,9-10H2,1-2H3/t14-/m0/s1. The van der Waals surface area contributed by atoms with Crippen molar-refractivity contribution >= 4 is 11.3 Å². The van der Waals surface area contributed by atoms with Gasteiger partial charge >= 0.3 is 0 Å². The molecule has 1 atom stereocenters. The average Bonchev–Trinajstić information content (AvgIpc) is 2.98. The lowest BCUT2D eigenvalue weighted by Crippen LogP contribution is -2.38. The third-order valence-electron chi connectivity index (χ3n) is 4.70. The van der Waals surface area contributed by atoms with Crippen molar-refractivity contribution < 1.29 is 9.47 Å². The van der Waals surface area contributed by atoms with Gasteiger partial charge in [0.2, 0.25) is 0 Å². The van der Waals surface area contributed by atoms with Crippen LogP contribution in [-0.2, 0) is 19.4 Å². The monoisotopic (exact) mass is 301 g/mol. The normalized spacial score (nSPS) is 20.4. The van der Waals surface area contributed by atoms with Gasteiger partial charge in [-0.15, -0.1) is 11.3 Å². The second-order valence-corrected chi connectivity index (χ2v) is 6.72. The molecule has 3 nitrogen and oxygen atoms in total. The minimum Gasteiger partial charge on any atom is -0.493 e. The Balaban J connectivity index is 1.78. The highest BCUT2D eigenvalue weighted by atomic mass is 32.1. The first-order valence-electron chi connectivity index (χ1n) is 7.34. The number of methoxy groups -OCH3 is 2. The number of nitrogens with zero attached hydrogens (tertiary/aromatic N) is 1. The summed E-state index contributed by atoms with van der Waals surface area (Å²) in [4.78, 5) is 4.14. The number of hydrogen-bond acceptors (Lipinski definition) is 4. The maximum absolute atomic E-state index is 5.50. The predicted octanol–water partition coefficient (Wildman–Crippen LogP) is 3.42. The van der Waals surface area contributed by atoms with Gasteiger partial charge in [-0.2, -0.15) is 0 Å². The fourth-order valence-corrected chi connectivity index (χ4v) is 4.52. The van der Waals surface area contributed by atoms with Crippen LogP contribution >= 0.6 is 11.3 Å². The SMILES string of the molecule is COc1cc2c(cc1OC)[C@@H]1Cc3sccc3CN1CC2. The van der Waals surface area contributed by atoms with E-state index < -0.39 is 0 Å². The molecule has 0 aliphatic carbocycles. The molecule has 0 saturated carbocycles. The van der Waals surface area contributed by atoms with Crippen molar-refractivity contribution in [2.45, 2.75) is 25.4 Å². The average molecular weight is 301 g/mol. The fraction of sp³-hybridized carbons (Fsp3) is 0.412. The molecule has 4 rings (SSSR count). The minimum atomic E-state index is 0.486. The summed E-state index contributed by atoms with van der Waals surface area (Å²) in [5, 5.41) is 2.22. The van der Waals surface area contributed by atoms with Crippen molar-refractivity contribution in [3.8, 4) is 11.5 Å². The molecule has 0 saturated heterocycles. The van der Waals surface area contributed by atoms with Crippen molar-refractivity contribution in [3.05, 3.63) is 45.1 Å². The van der Waals surface area contributed by atoms with Crippen molar-refractivity contribution in [1.29, 1.82) is 0 Å². The summed E-state index contributed by atoms with van der Waals surface area (Å²) in [6, 6.07) is 7.11. The third kappa shape index (κ3) is 2.05. The number of ether oxygens (including phenoxy) is 2. The first-order valence-corrected chi connectivity index (χ1v) is 8.22. The van der Waals surface area contributed by atoms with Crippen LogP contribution in [0.4, 0.5) is 0 Å². The molecule has 0 radical (unpaired) electrons. The number of thiophene rings is 1. The number of fused-ring (bicyclic) bond motifs is 4. The van der Waals surface area contributed by atoms with E-state index in [0.717, 1.165) is 37.4 Å². The zero-order valence-electron chi connectivity index (χ0n) is 12.4. The number of rotatable bonds is 2. The van der Waals surface area contributed by atoms with E-state index in [4.69, 9.17) is 9.47 Å². The van der Waals surface area contributed by atoms with Crippen molar-refractivity contribution in [1.82, 2.24) is 4.90 Å². The molecule has 1 aromatic heterocycles. The molecule has 1 aromatic carbocycles. The highest BCUT2D eigenvalue weighted by molar-refractivity contribution is 7.10. The van der Waals surface area contributed by atoms with E-state index in [-0.39, 0.29) is 0 Å². The third-order valence-corrected chi connectivity index (χ3v) is 5.69. The lowest BCUT2D eigenvalue weighted by molar-refractivity contribution is 0.162. The Kier molecular flexibility index (Phi) is 3.16. The molecule has 0 bridgehead atoms. The lowest BCUT2D eigenvalue weighted by atomic mass is 9.87. The molecule has 4 heteroatoms. The van der Waals surface area contributed by atoms with E-state index in [1.807, 2.05) is 11.3 Å². The van der Waals surface area contributed by atoms with Crippen LogP contribution in [-0.4, -0.2) is 25.7 Å². The van der Waals surface area contributed by atoms with E-state index in [9.17, 15) is 0 Å². The van der Waals surface area contributed by atoms with Crippen molar-refractivity contribution in [2.75, 3.05) is 20.8 Å². The molecule has 21 heavy (non-hydrogen) atoms. The molecule has 0 fully saturated rings. The van der Waals surface area contributed by atoms with Gasteiger partial charge in [0.05, 0.1) is 14.2 Å². The van der Waals surface area contributed by atoms with Crippen LogP contribution in [0.15, 0.2) is 23.6 Å². The number of hydrogen-bond donors (Lipinski definition) is 0. The molecular formula is C17H19NO2S. The summed E-state index contributed by atoms with van der Waals surface area (Å²) in [5.74, 6) is 1.69. The molecule has 2 aliphatic rings. The van der Waals surface area contributed by atoms with Gasteiger partial charge in [-0.3, -0.25) is 4.90 Å². The molecule has 0 spiro atoms. The van der Waals surface area contributed by atoms with E-state index in [1.165, 1.54) is 16.7 Å². The zero-order valence-corrected chi connectivity index (χ0v) is 13.2. The van der Waals surface area contributed by atoms with Crippen LogP contribution < -0.4 is 9.47 Å². The van der Waals surface area contributed by atoms with Gasteiger partial charge in [0.1, 0.15) is 0 Å². The molecule has 2 aliphatic heterocycles. The summed E-state index contributed by atoms with van der Waals surface area (Å²) in [6.07, 6.45) is 2.21. The van der Waals surface area contributed by atoms with Gasteiger partial charge in [-0.05, 0) is 46.7 Å². The Bertz CT molecular complexity index is 679. The molecule has 0 N–H and O–H groups in total. The molecule has 2 aromatic rings. The molecule has 3 heterocycles. The zero-order chi connectivity index (χ0) is 14.4. The lowest BCUT2D eigenvalue weighted by Gasteiger charge is -2.40. The molecule has 0 unspecified atom stereocenters. The first kappa shape index (κ1) is 13.2. The largest absolute Gasteiger partial charge is 0.493 e. The maximum atomic E-state index is 5.50. The first-order chi connectivity index (χ1) is 10.3. The van der Waals surface area contributed by atoms with Crippen molar-refractivity contribution in [2.24, 2.45) is 0 Å². The van der Waals surface area contributed by atoms with Crippen LogP contribution in [0, 0.1) is 0 Å². The Morgan fingerprint density at radius 3 is 2.76 bits per heavy atom. The topological polar surface area (TPSA) is 21.7 Å². The van der Waals surface area contributed by atoms with Gasteiger partial charge in [-0.1, -0.05) is 0 Å². The Labute approximate surface area is 129 Å². The maximum Gasteiger partial charge on any atom is 0.161 e. The van der Waals surface area contributed by atoms with Crippen LogP contribution in [0.25, 0.3) is 0 Å². The summed E-state index contributed by atoms with van der Waals surface area (Å²) >= 11 is 1.89. The molecule has 110 valence electrons. The van der Waals surface area contributed by atoms with E-state index in [0.29, 0.717) is 6.04 Å². The fourth-order valence-electron chi connectivity index (χ4n) is 3.59. The van der Waals surface area contributed by atoms with Crippen LogP contribution in [0.1, 0.15) is 27.6 Å². The highest BCUT2D eigenvalue weighted by Gasteiger charge is 2.33. The van der Waals surface area contributed by atoms with Gasteiger partial charge in [-0.25, -0.2) is 0 Å². The minimum absolute atomic E-state index is 0.486. The summed E-state index contributed by atoms with van der Waals surface area (Å²) < 4.78 is 10.9. The van der Waals surface area contributed by atoms with Crippen LogP contribution in [0.2, 0.25) is 0 Å². The van der Waals surface area contributed by atoms with Gasteiger partial charge in [0, 0.05) is 30.4 Å². The smallest absolute Gasteiger partial charge is 0.161 e. The van der Waals surface area contributed by atoms with Gasteiger partial charge < -0.3 is 9.47 Å². The molecule has 0 amide bonds. The summed E-state index contributed by atoms with van der Waals surface area (Å²) in [6.45, 7) is 2.21. The Morgan fingerprint density at radius 1 is 1.14 bits per heavy atom. The van der Waals surface area contributed by atoms with Crippen molar-refractivity contribution in [3.63, 3.8) is 0 Å². The quantitative estimate of drug-likeness (QED) is 0.848. The van der Waals surface area contributed by atoms with Crippen LogP contribution in [0.5, 0.6) is 11.5 Å². The Hall–Kier alpha value is -1.52. The van der Waals surface area contributed by atoms with Gasteiger partial charge in [0.25, 0.3) is 0 Å². The highest BCUT2D eigenvalue weighted by Crippen LogP contribution is 2.43. The Morgan fingerprint density at radius 2 is 1.95 bits per heavy atom. The second kappa shape index (κ2) is 5.04. The van der Waals surface area contributed by atoms with E-state index in [1.54, 1.807) is 19.1 Å². The summed E-state index contributed by atoms with van der Waals surface area (Å²) in [7, 11) is 3.42. The van der Waals surface area contributed by atoms with E-state index >= 15 is 0 Å². The predicted molar refractivity (Wildman–Crippen MR) is 84.4 cm³/mol.